The first-order valence-electron chi connectivity index (χ1n) is 8.38. The van der Waals surface area contributed by atoms with Crippen LogP contribution in [0.15, 0.2) is 0 Å². The summed E-state index contributed by atoms with van der Waals surface area (Å²) in [6, 6.07) is 0. The summed E-state index contributed by atoms with van der Waals surface area (Å²) in [5, 5.41) is 0. The predicted octanol–water partition coefficient (Wildman–Crippen LogP) is 6.15. The monoisotopic (exact) mass is 364 g/mol. The Hall–Kier alpha value is 0.759. The van der Waals surface area contributed by atoms with Gasteiger partial charge < -0.3 is 0 Å². The van der Waals surface area contributed by atoms with Crippen molar-refractivity contribution < 1.29 is 3.07 Å². The van der Waals surface area contributed by atoms with Crippen molar-refractivity contribution in [3.05, 3.63) is 0 Å². The van der Waals surface area contributed by atoms with Gasteiger partial charge in [0.25, 0.3) is 0 Å². The van der Waals surface area contributed by atoms with Crippen molar-refractivity contribution in [1.29, 1.82) is 0 Å². The normalized spacial score (nSPS) is 12.0. The van der Waals surface area contributed by atoms with Crippen LogP contribution in [0.25, 0.3) is 0 Å². The standard InChI is InChI=1S/C6H13O.C4H9.2C3H7.Sn/c1-2-3-4-5-6-7;1-3-4-2;2*1-3-2;/h2-6H2,1H3;1,3-4H2,2H3;2*1,3H2,2H3;/q-1;;;;+1. The molecule has 0 saturated heterocycles. The van der Waals surface area contributed by atoms with E-state index in [2.05, 4.69) is 27.7 Å². The first-order valence-corrected chi connectivity index (χ1v) is 15.6. The van der Waals surface area contributed by atoms with Crippen molar-refractivity contribution in [3.8, 4) is 0 Å². The Morgan fingerprint density at radius 3 is 1.72 bits per heavy atom. The molecule has 0 N–H and O–H groups in total. The second kappa shape index (κ2) is 12.8. The fourth-order valence-corrected chi connectivity index (χ4v) is 15.9. The van der Waals surface area contributed by atoms with E-state index in [0.29, 0.717) is 0 Å². The van der Waals surface area contributed by atoms with E-state index < -0.39 is 18.8 Å². The third-order valence-electron chi connectivity index (χ3n) is 3.80. The van der Waals surface area contributed by atoms with Gasteiger partial charge in [-0.15, -0.1) is 0 Å². The fourth-order valence-electron chi connectivity index (χ4n) is 2.82. The van der Waals surface area contributed by atoms with E-state index >= 15 is 0 Å². The van der Waals surface area contributed by atoms with Crippen LogP contribution in [-0.2, 0) is 3.07 Å². The van der Waals surface area contributed by atoms with Crippen molar-refractivity contribution in [2.45, 2.75) is 92.4 Å². The van der Waals surface area contributed by atoms with Crippen LogP contribution in [0, 0.1) is 0 Å². The van der Waals surface area contributed by atoms with Crippen LogP contribution in [0.5, 0.6) is 0 Å². The Morgan fingerprint density at radius 1 is 0.611 bits per heavy atom. The van der Waals surface area contributed by atoms with Gasteiger partial charge in [0.1, 0.15) is 0 Å². The van der Waals surface area contributed by atoms with Crippen LogP contribution < -0.4 is 0 Å². The summed E-state index contributed by atoms with van der Waals surface area (Å²) >= 11 is -2.18. The van der Waals surface area contributed by atoms with E-state index in [1.165, 1.54) is 64.7 Å². The molecule has 110 valence electrons. The molecule has 0 bridgehead atoms. The van der Waals surface area contributed by atoms with Gasteiger partial charge in [0, 0.05) is 0 Å². The molecular formula is C16H36OSn. The minimum absolute atomic E-state index is 1.07. The molecule has 0 rings (SSSR count). The van der Waals surface area contributed by atoms with Crippen molar-refractivity contribution in [3.63, 3.8) is 0 Å². The molecule has 0 aliphatic rings. The van der Waals surface area contributed by atoms with Gasteiger partial charge in [0.2, 0.25) is 0 Å². The van der Waals surface area contributed by atoms with Crippen LogP contribution in [0.4, 0.5) is 0 Å². The summed E-state index contributed by atoms with van der Waals surface area (Å²) in [5.41, 5.74) is 0. The zero-order chi connectivity index (χ0) is 13.7. The maximum atomic E-state index is 6.57. The minimum atomic E-state index is -2.18. The first-order chi connectivity index (χ1) is 8.74. The van der Waals surface area contributed by atoms with Crippen LogP contribution in [-0.4, -0.2) is 25.4 Å². The van der Waals surface area contributed by atoms with Gasteiger partial charge in [-0.3, -0.25) is 0 Å². The van der Waals surface area contributed by atoms with Gasteiger partial charge >= 0.3 is 121 Å². The number of hydrogen-bond donors (Lipinski definition) is 0. The van der Waals surface area contributed by atoms with Crippen molar-refractivity contribution in [2.75, 3.05) is 6.61 Å². The third kappa shape index (κ3) is 8.79. The summed E-state index contributed by atoms with van der Waals surface area (Å²) in [6.07, 6.45) is 10.8. The van der Waals surface area contributed by atoms with Gasteiger partial charge in [-0.1, -0.05) is 0 Å². The maximum absolute atomic E-state index is 6.57. The van der Waals surface area contributed by atoms with Gasteiger partial charge in [-0.05, 0) is 0 Å². The van der Waals surface area contributed by atoms with Crippen LogP contribution in [0.1, 0.15) is 79.1 Å². The molecule has 0 unspecified atom stereocenters. The number of unbranched alkanes of at least 4 members (excludes halogenated alkanes) is 4. The summed E-state index contributed by atoms with van der Waals surface area (Å²) < 4.78 is 11.0. The van der Waals surface area contributed by atoms with Crippen molar-refractivity contribution in [1.82, 2.24) is 0 Å². The molecule has 0 radical (unpaired) electrons. The van der Waals surface area contributed by atoms with Gasteiger partial charge in [0.05, 0.1) is 0 Å². The number of hydrogen-bond acceptors (Lipinski definition) is 1. The van der Waals surface area contributed by atoms with E-state index in [1.54, 1.807) is 0 Å². The molecular weight excluding hydrogens is 327 g/mol. The Morgan fingerprint density at radius 2 is 1.22 bits per heavy atom. The average Bonchev–Trinajstić information content (AvgIpc) is 2.37. The molecule has 2 heteroatoms. The fraction of sp³-hybridized carbons (Fsp3) is 1.00. The Bertz CT molecular complexity index is 164. The topological polar surface area (TPSA) is 9.23 Å². The van der Waals surface area contributed by atoms with Crippen molar-refractivity contribution >= 4 is 18.8 Å². The Kier molecular flexibility index (Phi) is 13.3. The Labute approximate surface area is 120 Å². The second-order valence-electron chi connectivity index (χ2n) is 5.70. The molecule has 18 heavy (non-hydrogen) atoms. The zero-order valence-electron chi connectivity index (χ0n) is 13.4. The van der Waals surface area contributed by atoms with E-state index in [1.807, 2.05) is 0 Å². The molecule has 0 aromatic carbocycles. The summed E-state index contributed by atoms with van der Waals surface area (Å²) in [4.78, 5) is 0. The van der Waals surface area contributed by atoms with E-state index in [0.717, 1.165) is 6.61 Å². The van der Waals surface area contributed by atoms with Crippen LogP contribution in [0.2, 0.25) is 13.3 Å². The number of rotatable bonds is 13. The molecule has 0 spiro atoms. The van der Waals surface area contributed by atoms with Crippen LogP contribution >= 0.6 is 0 Å². The second-order valence-corrected chi connectivity index (χ2v) is 17.6. The third-order valence-corrected chi connectivity index (χ3v) is 17.8. The molecule has 0 atom stereocenters. The molecule has 0 aromatic heterocycles. The first kappa shape index (κ1) is 18.8. The SMILES string of the molecule is CCCCCC[O][Sn]([CH2]CC)([CH2]CC)[CH2]CCC. The quantitative estimate of drug-likeness (QED) is 0.282. The molecule has 0 saturated carbocycles. The zero-order valence-corrected chi connectivity index (χ0v) is 16.2. The van der Waals surface area contributed by atoms with Crippen molar-refractivity contribution in [2.24, 2.45) is 0 Å². The van der Waals surface area contributed by atoms with Gasteiger partial charge in [0.15, 0.2) is 0 Å². The van der Waals surface area contributed by atoms with Gasteiger partial charge in [-0.2, -0.15) is 0 Å². The summed E-state index contributed by atoms with van der Waals surface area (Å²) in [5.74, 6) is 0. The summed E-state index contributed by atoms with van der Waals surface area (Å²) in [7, 11) is 0. The molecule has 0 aliphatic heterocycles. The van der Waals surface area contributed by atoms with E-state index in [4.69, 9.17) is 3.07 Å². The Balaban J connectivity index is 4.14. The average molecular weight is 363 g/mol. The van der Waals surface area contributed by atoms with Crippen LogP contribution in [0.3, 0.4) is 0 Å². The predicted molar refractivity (Wildman–Crippen MR) is 85.8 cm³/mol. The summed E-state index contributed by atoms with van der Waals surface area (Å²) in [6.45, 7) is 10.3. The molecule has 0 amide bonds. The van der Waals surface area contributed by atoms with E-state index in [-0.39, 0.29) is 0 Å². The molecule has 0 aliphatic carbocycles. The van der Waals surface area contributed by atoms with Gasteiger partial charge in [-0.25, -0.2) is 0 Å². The molecule has 0 aromatic rings. The molecule has 1 nitrogen and oxygen atoms in total. The van der Waals surface area contributed by atoms with E-state index in [9.17, 15) is 0 Å². The molecule has 0 fully saturated rings. The molecule has 0 heterocycles.